The van der Waals surface area contributed by atoms with Crippen molar-refractivity contribution in [1.82, 2.24) is 24.8 Å². The van der Waals surface area contributed by atoms with Gasteiger partial charge in [0.1, 0.15) is 11.8 Å². The molecular weight excluding hydrogens is 252 g/mol. The van der Waals surface area contributed by atoms with E-state index in [0.717, 1.165) is 0 Å². The molecule has 2 rings (SSSR count). The number of hydrogen-bond donors (Lipinski definition) is 3. The monoisotopic (exact) mass is 266 g/mol. The Balaban J connectivity index is 2.04. The van der Waals surface area contributed by atoms with Crippen LogP contribution in [0.15, 0.2) is 12.7 Å². The van der Waals surface area contributed by atoms with Gasteiger partial charge in [-0.05, 0) is 0 Å². The summed E-state index contributed by atoms with van der Waals surface area (Å²) in [6, 6.07) is 0. The van der Waals surface area contributed by atoms with E-state index in [4.69, 9.17) is 5.73 Å². The molecule has 0 radical (unpaired) electrons. The summed E-state index contributed by atoms with van der Waals surface area (Å²) in [5.41, 5.74) is 6.88. The molecule has 0 fully saturated rings. The zero-order chi connectivity index (χ0) is 13.0. The lowest BCUT2D eigenvalue weighted by Crippen LogP contribution is -2.26. The molecule has 2 aromatic heterocycles. The molecule has 18 heavy (non-hydrogen) atoms. The number of rotatable bonds is 5. The van der Waals surface area contributed by atoms with E-state index in [2.05, 4.69) is 32.9 Å². The highest BCUT2D eigenvalue weighted by atomic mass is 32.1. The Morgan fingerprint density at radius 2 is 2.28 bits per heavy atom. The number of fused-ring (bicyclic) bond motifs is 1. The molecule has 0 aromatic carbocycles. The first-order valence-corrected chi connectivity index (χ1v) is 6.14. The van der Waals surface area contributed by atoms with Crippen molar-refractivity contribution in [1.29, 1.82) is 0 Å². The molecule has 2 aromatic rings. The van der Waals surface area contributed by atoms with E-state index < -0.39 is 0 Å². The van der Waals surface area contributed by atoms with Crippen LogP contribution >= 0.6 is 12.6 Å². The highest BCUT2D eigenvalue weighted by Gasteiger charge is 2.08. The highest BCUT2D eigenvalue weighted by molar-refractivity contribution is 7.80. The zero-order valence-electron chi connectivity index (χ0n) is 9.70. The number of carbonyl (C=O) groups excluding carboxylic acids is 1. The molecular formula is C10H14N6OS. The average Bonchev–Trinajstić information content (AvgIpc) is 2.78. The van der Waals surface area contributed by atoms with Crippen LogP contribution in [0.2, 0.25) is 0 Å². The molecule has 8 heteroatoms. The standard InChI is InChI=1S/C10H14N6OS/c11-9-8-10(14-5-13-9)16(6-15-8)3-1-7(17)12-2-4-18/h5-6,18H,1-4H2,(H,12,17)(H2,11,13,14). The first kappa shape index (κ1) is 12.6. The molecule has 3 N–H and O–H groups in total. The molecule has 0 spiro atoms. The normalized spacial score (nSPS) is 10.7. The number of anilines is 1. The fourth-order valence-corrected chi connectivity index (χ4v) is 1.68. The van der Waals surface area contributed by atoms with Gasteiger partial charge in [0.2, 0.25) is 5.91 Å². The van der Waals surface area contributed by atoms with E-state index in [1.54, 1.807) is 10.9 Å². The number of aromatic nitrogens is 4. The predicted molar refractivity (Wildman–Crippen MR) is 71.2 cm³/mol. The molecule has 0 unspecified atom stereocenters. The lowest BCUT2D eigenvalue weighted by molar-refractivity contribution is -0.121. The van der Waals surface area contributed by atoms with E-state index in [-0.39, 0.29) is 5.91 Å². The van der Waals surface area contributed by atoms with Crippen LogP contribution in [0, 0.1) is 0 Å². The van der Waals surface area contributed by atoms with Crippen molar-refractivity contribution >= 4 is 35.5 Å². The summed E-state index contributed by atoms with van der Waals surface area (Å²) in [6.07, 6.45) is 3.36. The van der Waals surface area contributed by atoms with Crippen molar-refractivity contribution in [3.05, 3.63) is 12.7 Å². The van der Waals surface area contributed by atoms with Crippen LogP contribution < -0.4 is 11.1 Å². The smallest absolute Gasteiger partial charge is 0.221 e. The van der Waals surface area contributed by atoms with Crippen molar-refractivity contribution in [2.45, 2.75) is 13.0 Å². The zero-order valence-corrected chi connectivity index (χ0v) is 10.6. The van der Waals surface area contributed by atoms with Crippen LogP contribution in [0.5, 0.6) is 0 Å². The summed E-state index contributed by atoms with van der Waals surface area (Å²) in [4.78, 5) is 23.6. The Morgan fingerprint density at radius 3 is 3.06 bits per heavy atom. The molecule has 1 amide bonds. The van der Waals surface area contributed by atoms with Gasteiger partial charge < -0.3 is 15.6 Å². The van der Waals surface area contributed by atoms with Crippen molar-refractivity contribution < 1.29 is 4.79 Å². The van der Waals surface area contributed by atoms with Gasteiger partial charge in [0.05, 0.1) is 6.33 Å². The van der Waals surface area contributed by atoms with E-state index in [0.29, 0.717) is 42.2 Å². The van der Waals surface area contributed by atoms with E-state index in [9.17, 15) is 4.79 Å². The summed E-state index contributed by atoms with van der Waals surface area (Å²) in [6.45, 7) is 1.08. The minimum absolute atomic E-state index is 0.0204. The molecule has 0 atom stereocenters. The highest BCUT2D eigenvalue weighted by Crippen LogP contribution is 2.14. The van der Waals surface area contributed by atoms with Crippen LogP contribution in [-0.4, -0.2) is 37.7 Å². The molecule has 0 saturated carbocycles. The molecule has 0 aliphatic rings. The maximum absolute atomic E-state index is 11.5. The lowest BCUT2D eigenvalue weighted by Gasteiger charge is -2.04. The third-order valence-corrected chi connectivity index (χ3v) is 2.67. The van der Waals surface area contributed by atoms with Gasteiger partial charge in [0.25, 0.3) is 0 Å². The van der Waals surface area contributed by atoms with Crippen LogP contribution in [-0.2, 0) is 11.3 Å². The average molecular weight is 266 g/mol. The van der Waals surface area contributed by atoms with Crippen LogP contribution in [0.25, 0.3) is 11.2 Å². The Morgan fingerprint density at radius 1 is 1.44 bits per heavy atom. The second-order valence-corrected chi connectivity index (χ2v) is 4.14. The molecule has 0 bridgehead atoms. The van der Waals surface area contributed by atoms with E-state index in [1.165, 1.54) is 6.33 Å². The second-order valence-electron chi connectivity index (χ2n) is 3.69. The number of nitrogens with one attached hydrogen (secondary N) is 1. The van der Waals surface area contributed by atoms with E-state index in [1.807, 2.05) is 0 Å². The number of hydrogen-bond acceptors (Lipinski definition) is 6. The maximum Gasteiger partial charge on any atom is 0.221 e. The summed E-state index contributed by atoms with van der Waals surface area (Å²) >= 11 is 4.02. The molecule has 7 nitrogen and oxygen atoms in total. The van der Waals surface area contributed by atoms with Gasteiger partial charge in [-0.15, -0.1) is 0 Å². The van der Waals surface area contributed by atoms with Crippen molar-refractivity contribution in [2.75, 3.05) is 18.0 Å². The van der Waals surface area contributed by atoms with Gasteiger partial charge in [-0.2, -0.15) is 12.6 Å². The first-order valence-electron chi connectivity index (χ1n) is 5.51. The minimum Gasteiger partial charge on any atom is -0.382 e. The molecule has 0 aliphatic heterocycles. The largest absolute Gasteiger partial charge is 0.382 e. The number of nitrogens with zero attached hydrogens (tertiary/aromatic N) is 4. The number of nitrogen functional groups attached to an aromatic ring is 1. The summed E-state index contributed by atoms with van der Waals surface area (Å²) in [5.74, 6) is 0.954. The Hall–Kier alpha value is -1.83. The quantitative estimate of drug-likeness (QED) is 0.653. The number of thiol groups is 1. The lowest BCUT2D eigenvalue weighted by atomic mass is 10.4. The van der Waals surface area contributed by atoms with Gasteiger partial charge in [-0.3, -0.25) is 4.79 Å². The summed E-state index contributed by atoms with van der Waals surface area (Å²) in [7, 11) is 0. The summed E-state index contributed by atoms with van der Waals surface area (Å²) < 4.78 is 1.79. The molecule has 0 aliphatic carbocycles. The second kappa shape index (κ2) is 5.67. The Bertz CT molecular complexity index is 554. The van der Waals surface area contributed by atoms with Crippen LogP contribution in [0.1, 0.15) is 6.42 Å². The van der Waals surface area contributed by atoms with Gasteiger partial charge in [0, 0.05) is 25.3 Å². The van der Waals surface area contributed by atoms with Gasteiger partial charge in [-0.25, -0.2) is 15.0 Å². The maximum atomic E-state index is 11.5. The van der Waals surface area contributed by atoms with Gasteiger partial charge >= 0.3 is 0 Å². The van der Waals surface area contributed by atoms with Crippen LogP contribution in [0.4, 0.5) is 5.82 Å². The third-order valence-electron chi connectivity index (χ3n) is 2.44. The number of nitrogens with two attached hydrogens (primary N) is 1. The predicted octanol–water partition coefficient (Wildman–Crippen LogP) is -0.155. The van der Waals surface area contributed by atoms with Crippen molar-refractivity contribution in [3.8, 4) is 0 Å². The third kappa shape index (κ3) is 2.70. The number of amides is 1. The SMILES string of the molecule is Nc1ncnc2c1ncn2CCC(=O)NCCS. The van der Waals surface area contributed by atoms with Crippen molar-refractivity contribution in [2.24, 2.45) is 0 Å². The molecule has 0 saturated heterocycles. The van der Waals surface area contributed by atoms with Crippen LogP contribution in [0.3, 0.4) is 0 Å². The Kier molecular flexibility index (Phi) is 3.98. The van der Waals surface area contributed by atoms with Gasteiger partial charge in [-0.1, -0.05) is 0 Å². The fraction of sp³-hybridized carbons (Fsp3) is 0.400. The number of aryl methyl sites for hydroxylation is 1. The fourth-order valence-electron chi connectivity index (χ4n) is 1.57. The molecule has 96 valence electrons. The topological polar surface area (TPSA) is 98.7 Å². The minimum atomic E-state index is -0.0204. The Labute approximate surface area is 109 Å². The van der Waals surface area contributed by atoms with Crippen molar-refractivity contribution in [3.63, 3.8) is 0 Å². The number of imidazole rings is 1. The molecule has 2 heterocycles. The van der Waals surface area contributed by atoms with Gasteiger partial charge in [0.15, 0.2) is 11.5 Å². The number of carbonyl (C=O) groups is 1. The summed E-state index contributed by atoms with van der Waals surface area (Å²) in [5, 5.41) is 2.75. The van der Waals surface area contributed by atoms with E-state index >= 15 is 0 Å². The first-order chi connectivity index (χ1) is 8.72.